The Morgan fingerprint density at radius 3 is 2.62 bits per heavy atom. The molecule has 0 aliphatic heterocycles. The molecule has 4 heteroatoms. The molecule has 0 radical (unpaired) electrons. The fourth-order valence-corrected chi connectivity index (χ4v) is 1.71. The van der Waals surface area contributed by atoms with Crippen LogP contribution < -0.4 is 5.32 Å². The van der Waals surface area contributed by atoms with Crippen molar-refractivity contribution in [1.29, 1.82) is 0 Å². The van der Waals surface area contributed by atoms with E-state index >= 15 is 0 Å². The molecule has 1 amide bonds. The summed E-state index contributed by atoms with van der Waals surface area (Å²) in [6, 6.07) is 6.08. The van der Waals surface area contributed by atoms with Gasteiger partial charge in [0.2, 0.25) is 5.91 Å². The third-order valence-corrected chi connectivity index (χ3v) is 2.78. The minimum atomic E-state index is -0.268. The van der Waals surface area contributed by atoms with Crippen LogP contribution in [0.1, 0.15) is 6.92 Å². The lowest BCUT2D eigenvalue weighted by molar-refractivity contribution is -0.118. The van der Waals surface area contributed by atoms with E-state index in [2.05, 4.69) is 11.9 Å². The second-order valence-corrected chi connectivity index (χ2v) is 4.53. The van der Waals surface area contributed by atoms with Gasteiger partial charge in [0.05, 0.1) is 5.75 Å². The van der Waals surface area contributed by atoms with E-state index in [4.69, 9.17) is 0 Å². The van der Waals surface area contributed by atoms with Gasteiger partial charge in [-0.3, -0.25) is 4.79 Å². The van der Waals surface area contributed by atoms with Crippen LogP contribution >= 0.6 is 11.8 Å². The molecule has 1 aromatic carbocycles. The average Bonchev–Trinajstić information content (AvgIpc) is 2.25. The van der Waals surface area contributed by atoms with Crippen LogP contribution in [0.3, 0.4) is 0 Å². The molecule has 0 aromatic heterocycles. The summed E-state index contributed by atoms with van der Waals surface area (Å²) in [5, 5.41) is 2.73. The first-order chi connectivity index (χ1) is 7.58. The lowest BCUT2D eigenvalue weighted by Crippen LogP contribution is -2.26. The van der Waals surface area contributed by atoms with Crippen LogP contribution in [0.4, 0.5) is 4.39 Å². The zero-order valence-corrected chi connectivity index (χ0v) is 9.94. The smallest absolute Gasteiger partial charge is 0.230 e. The molecule has 0 atom stereocenters. The Bertz CT molecular complexity index is 375. The summed E-state index contributed by atoms with van der Waals surface area (Å²) >= 11 is 1.38. The van der Waals surface area contributed by atoms with E-state index in [1.165, 1.54) is 23.9 Å². The van der Waals surface area contributed by atoms with Crippen LogP contribution in [0.15, 0.2) is 41.3 Å². The number of thioether (sulfide) groups is 1. The summed E-state index contributed by atoms with van der Waals surface area (Å²) in [7, 11) is 0. The summed E-state index contributed by atoms with van der Waals surface area (Å²) < 4.78 is 12.6. The molecule has 0 heterocycles. The number of carbonyl (C=O) groups excluding carboxylic acids is 1. The second kappa shape index (κ2) is 6.33. The van der Waals surface area contributed by atoms with Crippen LogP contribution in [0.5, 0.6) is 0 Å². The van der Waals surface area contributed by atoms with E-state index in [0.29, 0.717) is 12.3 Å². The Morgan fingerprint density at radius 2 is 2.06 bits per heavy atom. The molecule has 0 fully saturated rings. The molecule has 0 saturated carbocycles. The van der Waals surface area contributed by atoms with Gasteiger partial charge < -0.3 is 5.32 Å². The highest BCUT2D eigenvalue weighted by Gasteiger charge is 2.02. The van der Waals surface area contributed by atoms with E-state index in [1.807, 2.05) is 6.92 Å². The normalized spacial score (nSPS) is 9.88. The topological polar surface area (TPSA) is 29.1 Å². The summed E-state index contributed by atoms with van der Waals surface area (Å²) in [4.78, 5) is 12.2. The van der Waals surface area contributed by atoms with Crippen molar-refractivity contribution in [3.63, 3.8) is 0 Å². The lowest BCUT2D eigenvalue weighted by atomic mass is 10.3. The minimum Gasteiger partial charge on any atom is -0.352 e. The molecule has 0 aliphatic carbocycles. The second-order valence-electron chi connectivity index (χ2n) is 3.48. The van der Waals surface area contributed by atoms with Gasteiger partial charge >= 0.3 is 0 Å². The van der Waals surface area contributed by atoms with E-state index in [1.54, 1.807) is 12.1 Å². The summed E-state index contributed by atoms with van der Waals surface area (Å²) in [5.74, 6) is 0.0206. The Labute approximate surface area is 98.9 Å². The van der Waals surface area contributed by atoms with Gasteiger partial charge in [-0.1, -0.05) is 12.2 Å². The van der Waals surface area contributed by atoms with E-state index in [9.17, 15) is 9.18 Å². The lowest BCUT2D eigenvalue weighted by Gasteiger charge is -2.04. The van der Waals surface area contributed by atoms with Crippen molar-refractivity contribution in [2.75, 3.05) is 12.3 Å². The Hall–Kier alpha value is -1.29. The fourth-order valence-electron chi connectivity index (χ4n) is 0.980. The van der Waals surface area contributed by atoms with Gasteiger partial charge in [0.25, 0.3) is 0 Å². The van der Waals surface area contributed by atoms with Crippen molar-refractivity contribution in [3.05, 3.63) is 42.2 Å². The molecule has 1 N–H and O–H groups in total. The van der Waals surface area contributed by atoms with Crippen molar-refractivity contribution in [2.45, 2.75) is 11.8 Å². The molecule has 1 aromatic rings. The third kappa shape index (κ3) is 4.98. The van der Waals surface area contributed by atoms with Gasteiger partial charge in [0.15, 0.2) is 0 Å². The SMILES string of the molecule is C=C(C)CNC(=O)CSc1ccc(F)cc1. The van der Waals surface area contributed by atoms with Crippen molar-refractivity contribution >= 4 is 17.7 Å². The van der Waals surface area contributed by atoms with Gasteiger partial charge in [-0.2, -0.15) is 0 Å². The molecule has 0 spiro atoms. The molecular weight excluding hydrogens is 225 g/mol. The largest absolute Gasteiger partial charge is 0.352 e. The summed E-state index contributed by atoms with van der Waals surface area (Å²) in [6.07, 6.45) is 0. The first-order valence-corrected chi connectivity index (χ1v) is 5.86. The van der Waals surface area contributed by atoms with Gasteiger partial charge in [0.1, 0.15) is 5.82 Å². The molecule has 1 rings (SSSR count). The maximum absolute atomic E-state index is 12.6. The van der Waals surface area contributed by atoms with Crippen LogP contribution in [0, 0.1) is 5.82 Å². The van der Waals surface area contributed by atoms with Crippen LogP contribution in [0.25, 0.3) is 0 Å². The Morgan fingerprint density at radius 1 is 1.44 bits per heavy atom. The number of hydrogen-bond donors (Lipinski definition) is 1. The van der Waals surface area contributed by atoms with Crippen LogP contribution in [-0.4, -0.2) is 18.2 Å². The van der Waals surface area contributed by atoms with Gasteiger partial charge in [-0.15, -0.1) is 11.8 Å². The highest BCUT2D eigenvalue weighted by Crippen LogP contribution is 2.17. The molecule has 2 nitrogen and oxygen atoms in total. The third-order valence-electron chi connectivity index (χ3n) is 1.77. The van der Waals surface area contributed by atoms with E-state index < -0.39 is 0 Å². The number of amides is 1. The standard InChI is InChI=1S/C12H14FNOS/c1-9(2)7-14-12(15)8-16-11-5-3-10(13)4-6-11/h3-6H,1,7-8H2,2H3,(H,14,15). The van der Waals surface area contributed by atoms with Crippen LogP contribution in [0.2, 0.25) is 0 Å². The van der Waals surface area contributed by atoms with Crippen molar-refractivity contribution in [2.24, 2.45) is 0 Å². The number of rotatable bonds is 5. The monoisotopic (exact) mass is 239 g/mol. The molecule has 0 aliphatic rings. The van der Waals surface area contributed by atoms with Gasteiger partial charge in [0, 0.05) is 11.4 Å². The minimum absolute atomic E-state index is 0.0441. The number of nitrogens with one attached hydrogen (secondary N) is 1. The maximum Gasteiger partial charge on any atom is 0.230 e. The predicted octanol–water partition coefficient (Wildman–Crippen LogP) is 2.61. The summed E-state index contributed by atoms with van der Waals surface area (Å²) in [6.45, 7) is 6.05. The Kier molecular flexibility index (Phi) is 5.05. The quantitative estimate of drug-likeness (QED) is 0.632. The molecule has 16 heavy (non-hydrogen) atoms. The number of carbonyl (C=O) groups is 1. The zero-order valence-electron chi connectivity index (χ0n) is 9.13. The Balaban J connectivity index is 2.31. The molecule has 86 valence electrons. The average molecular weight is 239 g/mol. The number of benzene rings is 1. The maximum atomic E-state index is 12.6. The number of halogens is 1. The van der Waals surface area contributed by atoms with E-state index in [0.717, 1.165) is 10.5 Å². The van der Waals surface area contributed by atoms with Gasteiger partial charge in [-0.25, -0.2) is 4.39 Å². The summed E-state index contributed by atoms with van der Waals surface area (Å²) in [5.41, 5.74) is 0.917. The van der Waals surface area contributed by atoms with Gasteiger partial charge in [-0.05, 0) is 31.2 Å². The number of hydrogen-bond acceptors (Lipinski definition) is 2. The highest BCUT2D eigenvalue weighted by molar-refractivity contribution is 8.00. The molecular formula is C12H14FNOS. The first kappa shape index (κ1) is 12.8. The fraction of sp³-hybridized carbons (Fsp3) is 0.250. The van der Waals surface area contributed by atoms with Crippen molar-refractivity contribution in [3.8, 4) is 0 Å². The predicted molar refractivity (Wildman–Crippen MR) is 64.9 cm³/mol. The van der Waals surface area contributed by atoms with Crippen LogP contribution in [-0.2, 0) is 4.79 Å². The van der Waals surface area contributed by atoms with Crippen molar-refractivity contribution < 1.29 is 9.18 Å². The van der Waals surface area contributed by atoms with E-state index in [-0.39, 0.29) is 11.7 Å². The zero-order chi connectivity index (χ0) is 12.0. The molecule has 0 saturated heterocycles. The van der Waals surface area contributed by atoms with Crippen molar-refractivity contribution in [1.82, 2.24) is 5.32 Å². The molecule has 0 unspecified atom stereocenters. The highest BCUT2D eigenvalue weighted by atomic mass is 32.2. The molecule has 0 bridgehead atoms. The first-order valence-electron chi connectivity index (χ1n) is 4.87.